The molecule has 1 aromatic rings. The molecule has 1 N–H and O–H groups in total. The van der Waals surface area contributed by atoms with Crippen LogP contribution in [0.4, 0.5) is 0 Å². The third kappa shape index (κ3) is 2.56. The largest absolute Gasteiger partial charge is 0.496 e. The Morgan fingerprint density at radius 1 is 1.38 bits per heavy atom. The van der Waals surface area contributed by atoms with E-state index in [1.807, 2.05) is 6.07 Å². The number of hydrogen-bond acceptors (Lipinski definition) is 2. The average molecular weight is 219 g/mol. The van der Waals surface area contributed by atoms with E-state index in [1.165, 1.54) is 18.4 Å². The molecule has 88 valence electrons. The van der Waals surface area contributed by atoms with Crippen LogP contribution in [0.5, 0.6) is 5.75 Å². The molecule has 16 heavy (non-hydrogen) atoms. The van der Waals surface area contributed by atoms with Crippen molar-refractivity contribution in [1.29, 1.82) is 0 Å². The van der Waals surface area contributed by atoms with Crippen LogP contribution in [0.15, 0.2) is 24.3 Å². The molecule has 2 nitrogen and oxygen atoms in total. The van der Waals surface area contributed by atoms with Crippen LogP contribution in [0.25, 0.3) is 0 Å². The summed E-state index contributed by atoms with van der Waals surface area (Å²) in [7, 11) is 1.76. The summed E-state index contributed by atoms with van der Waals surface area (Å²) < 4.78 is 5.40. The number of nitrogens with one attached hydrogen (secondary N) is 1. The minimum absolute atomic E-state index is 0.709. The highest BCUT2D eigenvalue weighted by molar-refractivity contribution is 5.39. The molecule has 1 aromatic carbocycles. The van der Waals surface area contributed by atoms with Crippen LogP contribution >= 0.6 is 0 Å². The molecule has 0 aliphatic heterocycles. The van der Waals surface area contributed by atoms with Gasteiger partial charge in [-0.1, -0.05) is 25.1 Å². The molecule has 1 aliphatic carbocycles. The highest BCUT2D eigenvalue weighted by Gasteiger charge is 2.39. The molecule has 0 radical (unpaired) electrons. The van der Waals surface area contributed by atoms with Gasteiger partial charge in [-0.2, -0.15) is 0 Å². The third-order valence-corrected chi connectivity index (χ3v) is 3.29. The Morgan fingerprint density at radius 2 is 2.19 bits per heavy atom. The lowest BCUT2D eigenvalue weighted by molar-refractivity contribution is 0.409. The second-order valence-electron chi connectivity index (χ2n) is 4.55. The molecule has 2 atom stereocenters. The molecule has 0 bridgehead atoms. The Kier molecular flexibility index (Phi) is 3.83. The second-order valence-corrected chi connectivity index (χ2v) is 4.55. The maximum atomic E-state index is 5.40. The van der Waals surface area contributed by atoms with E-state index in [4.69, 9.17) is 4.74 Å². The zero-order valence-corrected chi connectivity index (χ0v) is 10.2. The minimum atomic E-state index is 0.709. The van der Waals surface area contributed by atoms with E-state index < -0.39 is 0 Å². The molecule has 2 unspecified atom stereocenters. The molecule has 1 fully saturated rings. The molecule has 1 aliphatic rings. The fourth-order valence-corrected chi connectivity index (χ4v) is 2.29. The monoisotopic (exact) mass is 219 g/mol. The van der Waals surface area contributed by atoms with Gasteiger partial charge in [0.15, 0.2) is 0 Å². The van der Waals surface area contributed by atoms with Gasteiger partial charge in [-0.05, 0) is 49.4 Å². The summed E-state index contributed by atoms with van der Waals surface area (Å²) in [6.07, 6.45) is 2.52. The van der Waals surface area contributed by atoms with Crippen LogP contribution in [0, 0.1) is 5.92 Å². The highest BCUT2D eigenvalue weighted by Crippen LogP contribution is 2.49. The van der Waals surface area contributed by atoms with Gasteiger partial charge in [-0.25, -0.2) is 0 Å². The molecule has 0 spiro atoms. The van der Waals surface area contributed by atoms with E-state index in [9.17, 15) is 0 Å². The van der Waals surface area contributed by atoms with E-state index in [0.29, 0.717) is 5.92 Å². The van der Waals surface area contributed by atoms with E-state index in [2.05, 4.69) is 30.4 Å². The first kappa shape index (κ1) is 11.5. The van der Waals surface area contributed by atoms with Crippen LogP contribution in [0.2, 0.25) is 0 Å². The predicted molar refractivity (Wildman–Crippen MR) is 67.0 cm³/mol. The van der Waals surface area contributed by atoms with Gasteiger partial charge in [0, 0.05) is 0 Å². The van der Waals surface area contributed by atoms with Crippen molar-refractivity contribution in [1.82, 2.24) is 5.32 Å². The lowest BCUT2D eigenvalue weighted by Crippen LogP contribution is -2.17. The molecule has 0 saturated heterocycles. The fraction of sp³-hybridized carbons (Fsp3) is 0.571. The first-order valence-corrected chi connectivity index (χ1v) is 6.20. The summed E-state index contributed by atoms with van der Waals surface area (Å²) in [5, 5.41) is 3.49. The summed E-state index contributed by atoms with van der Waals surface area (Å²) >= 11 is 0. The molecular weight excluding hydrogens is 198 g/mol. The smallest absolute Gasteiger partial charge is 0.122 e. The summed E-state index contributed by atoms with van der Waals surface area (Å²) in [6.45, 7) is 4.49. The van der Waals surface area contributed by atoms with Gasteiger partial charge in [-0.3, -0.25) is 0 Å². The van der Waals surface area contributed by atoms with E-state index in [0.717, 1.165) is 24.8 Å². The average Bonchev–Trinajstić information content (AvgIpc) is 3.09. The lowest BCUT2D eigenvalue weighted by Gasteiger charge is -2.07. The SMILES string of the molecule is CCCNCC1CC1c1ccccc1OC. The Balaban J connectivity index is 1.90. The van der Waals surface area contributed by atoms with Crippen molar-refractivity contribution in [3.05, 3.63) is 29.8 Å². The number of para-hydroxylation sites is 1. The fourth-order valence-electron chi connectivity index (χ4n) is 2.29. The Morgan fingerprint density at radius 3 is 2.94 bits per heavy atom. The number of hydrogen-bond donors (Lipinski definition) is 1. The standard InChI is InChI=1S/C14H21NO/c1-3-8-15-10-11-9-13(11)12-6-4-5-7-14(12)16-2/h4-7,11,13,15H,3,8-10H2,1-2H3. The lowest BCUT2D eigenvalue weighted by atomic mass is 10.1. The maximum Gasteiger partial charge on any atom is 0.122 e. The molecule has 0 heterocycles. The third-order valence-electron chi connectivity index (χ3n) is 3.29. The van der Waals surface area contributed by atoms with Crippen molar-refractivity contribution in [3.8, 4) is 5.75 Å². The van der Waals surface area contributed by atoms with Crippen molar-refractivity contribution < 1.29 is 4.74 Å². The summed E-state index contributed by atoms with van der Waals surface area (Å²) in [6, 6.07) is 8.40. The molecule has 0 amide bonds. The van der Waals surface area contributed by atoms with E-state index >= 15 is 0 Å². The Bertz CT molecular complexity index is 337. The highest BCUT2D eigenvalue weighted by atomic mass is 16.5. The minimum Gasteiger partial charge on any atom is -0.496 e. The molecular formula is C14H21NO. The van der Waals surface area contributed by atoms with Gasteiger partial charge < -0.3 is 10.1 Å². The van der Waals surface area contributed by atoms with Crippen LogP contribution in [-0.4, -0.2) is 20.2 Å². The topological polar surface area (TPSA) is 21.3 Å². The number of ether oxygens (including phenoxy) is 1. The zero-order chi connectivity index (χ0) is 11.4. The van der Waals surface area contributed by atoms with E-state index in [1.54, 1.807) is 7.11 Å². The van der Waals surface area contributed by atoms with Crippen LogP contribution in [0.1, 0.15) is 31.2 Å². The van der Waals surface area contributed by atoms with Gasteiger partial charge >= 0.3 is 0 Å². The normalized spacial score (nSPS) is 23.1. The zero-order valence-electron chi connectivity index (χ0n) is 10.2. The summed E-state index contributed by atoms with van der Waals surface area (Å²) in [5.74, 6) is 2.56. The molecule has 2 rings (SSSR count). The van der Waals surface area contributed by atoms with E-state index in [-0.39, 0.29) is 0 Å². The van der Waals surface area contributed by atoms with Gasteiger partial charge in [-0.15, -0.1) is 0 Å². The second kappa shape index (κ2) is 5.35. The molecule has 0 aromatic heterocycles. The summed E-state index contributed by atoms with van der Waals surface area (Å²) in [4.78, 5) is 0. The van der Waals surface area contributed by atoms with Crippen molar-refractivity contribution >= 4 is 0 Å². The van der Waals surface area contributed by atoms with Crippen molar-refractivity contribution in [2.75, 3.05) is 20.2 Å². The Labute approximate surface area is 98.0 Å². The maximum absolute atomic E-state index is 5.40. The number of rotatable bonds is 6. The molecule has 2 heteroatoms. The van der Waals surface area contributed by atoms with Crippen molar-refractivity contribution in [2.45, 2.75) is 25.7 Å². The Hall–Kier alpha value is -1.02. The first-order valence-electron chi connectivity index (χ1n) is 6.20. The van der Waals surface area contributed by atoms with Gasteiger partial charge in [0.25, 0.3) is 0 Å². The number of benzene rings is 1. The van der Waals surface area contributed by atoms with Crippen LogP contribution in [-0.2, 0) is 0 Å². The number of methoxy groups -OCH3 is 1. The van der Waals surface area contributed by atoms with Crippen molar-refractivity contribution in [2.24, 2.45) is 5.92 Å². The van der Waals surface area contributed by atoms with Crippen LogP contribution in [0.3, 0.4) is 0 Å². The van der Waals surface area contributed by atoms with Crippen molar-refractivity contribution in [3.63, 3.8) is 0 Å². The molecule has 1 saturated carbocycles. The summed E-state index contributed by atoms with van der Waals surface area (Å²) in [5.41, 5.74) is 1.38. The van der Waals surface area contributed by atoms with Crippen LogP contribution < -0.4 is 10.1 Å². The van der Waals surface area contributed by atoms with Gasteiger partial charge in [0.2, 0.25) is 0 Å². The first-order chi connectivity index (χ1) is 7.86. The predicted octanol–water partition coefficient (Wildman–Crippen LogP) is 2.80. The van der Waals surface area contributed by atoms with Gasteiger partial charge in [0.1, 0.15) is 5.75 Å². The quantitative estimate of drug-likeness (QED) is 0.743. The van der Waals surface area contributed by atoms with Gasteiger partial charge in [0.05, 0.1) is 7.11 Å².